The summed E-state index contributed by atoms with van der Waals surface area (Å²) >= 11 is 0. The Labute approximate surface area is 92.5 Å². The summed E-state index contributed by atoms with van der Waals surface area (Å²) in [6.07, 6.45) is 1.56. The van der Waals surface area contributed by atoms with Crippen molar-refractivity contribution in [2.24, 2.45) is 11.7 Å². The monoisotopic (exact) mass is 226 g/mol. The van der Waals surface area contributed by atoms with Crippen LogP contribution in [0.5, 0.6) is 0 Å². The van der Waals surface area contributed by atoms with Gasteiger partial charge in [0, 0.05) is 5.92 Å². The summed E-state index contributed by atoms with van der Waals surface area (Å²) in [6, 6.07) is 0.0518. The third-order valence-corrected chi connectivity index (χ3v) is 2.71. The molecule has 0 unspecified atom stereocenters. The standard InChI is InChI=1S/C9H14N4O3/c1-15-9(14)7-3-13(12-11-7)8-5-16-4-6(8)2-10/h3,6,8H,2,4-5,10H2,1H3/t6-,8-/m1/s1. The predicted octanol–water partition coefficient (Wildman–Crippen LogP) is -0.789. The lowest BCUT2D eigenvalue weighted by Gasteiger charge is -2.14. The van der Waals surface area contributed by atoms with E-state index in [1.807, 2.05) is 0 Å². The molecule has 0 amide bonds. The highest BCUT2D eigenvalue weighted by Gasteiger charge is 2.30. The Bertz CT molecular complexity index is 379. The Morgan fingerprint density at radius 1 is 1.75 bits per heavy atom. The molecule has 1 aliphatic rings. The van der Waals surface area contributed by atoms with Gasteiger partial charge >= 0.3 is 5.97 Å². The van der Waals surface area contributed by atoms with Crippen molar-refractivity contribution in [3.8, 4) is 0 Å². The van der Waals surface area contributed by atoms with Gasteiger partial charge in [-0.05, 0) is 6.54 Å². The molecule has 2 N–H and O–H groups in total. The molecule has 2 atom stereocenters. The number of carbonyl (C=O) groups excluding carboxylic acids is 1. The van der Waals surface area contributed by atoms with Crippen molar-refractivity contribution in [2.75, 3.05) is 26.9 Å². The van der Waals surface area contributed by atoms with Gasteiger partial charge in [0.1, 0.15) is 0 Å². The van der Waals surface area contributed by atoms with Crippen LogP contribution in [-0.2, 0) is 9.47 Å². The highest BCUT2D eigenvalue weighted by Crippen LogP contribution is 2.23. The van der Waals surface area contributed by atoms with Gasteiger partial charge in [-0.3, -0.25) is 0 Å². The molecular formula is C9H14N4O3. The first kappa shape index (κ1) is 11.0. The smallest absolute Gasteiger partial charge is 0.360 e. The fourth-order valence-electron chi connectivity index (χ4n) is 1.74. The molecule has 1 saturated heterocycles. The Kier molecular flexibility index (Phi) is 3.16. The van der Waals surface area contributed by atoms with Gasteiger partial charge in [0.05, 0.1) is 32.6 Å². The second-order valence-electron chi connectivity index (χ2n) is 3.68. The molecule has 2 heterocycles. The highest BCUT2D eigenvalue weighted by molar-refractivity contribution is 5.86. The average Bonchev–Trinajstić information content (AvgIpc) is 2.95. The first-order valence-corrected chi connectivity index (χ1v) is 5.04. The maximum Gasteiger partial charge on any atom is 0.360 e. The van der Waals surface area contributed by atoms with Crippen LogP contribution < -0.4 is 5.73 Å². The molecule has 7 heteroatoms. The van der Waals surface area contributed by atoms with E-state index in [4.69, 9.17) is 10.5 Å². The van der Waals surface area contributed by atoms with Crippen molar-refractivity contribution in [3.05, 3.63) is 11.9 Å². The minimum Gasteiger partial charge on any atom is -0.464 e. The molecule has 7 nitrogen and oxygen atoms in total. The van der Waals surface area contributed by atoms with Crippen LogP contribution in [0.1, 0.15) is 16.5 Å². The van der Waals surface area contributed by atoms with Crippen molar-refractivity contribution in [2.45, 2.75) is 6.04 Å². The van der Waals surface area contributed by atoms with Gasteiger partial charge in [-0.1, -0.05) is 5.21 Å². The SMILES string of the molecule is COC(=O)c1cn([C@@H]2COC[C@H]2CN)nn1. The highest BCUT2D eigenvalue weighted by atomic mass is 16.5. The van der Waals surface area contributed by atoms with Crippen LogP contribution in [0.25, 0.3) is 0 Å². The van der Waals surface area contributed by atoms with Crippen LogP contribution in [0.2, 0.25) is 0 Å². The van der Waals surface area contributed by atoms with Crippen LogP contribution in [0.4, 0.5) is 0 Å². The topological polar surface area (TPSA) is 92.3 Å². The van der Waals surface area contributed by atoms with Gasteiger partial charge in [-0.25, -0.2) is 9.48 Å². The van der Waals surface area contributed by atoms with Gasteiger partial charge in [0.15, 0.2) is 5.69 Å². The summed E-state index contributed by atoms with van der Waals surface area (Å²) < 4.78 is 11.5. The van der Waals surface area contributed by atoms with Crippen LogP contribution in [0.15, 0.2) is 6.20 Å². The Morgan fingerprint density at radius 2 is 2.56 bits per heavy atom. The zero-order valence-corrected chi connectivity index (χ0v) is 9.00. The fraction of sp³-hybridized carbons (Fsp3) is 0.667. The molecule has 1 aromatic rings. The lowest BCUT2D eigenvalue weighted by atomic mass is 10.0. The maximum atomic E-state index is 11.2. The van der Waals surface area contributed by atoms with E-state index in [9.17, 15) is 4.79 Å². The van der Waals surface area contributed by atoms with Crippen molar-refractivity contribution in [1.82, 2.24) is 15.0 Å². The number of aromatic nitrogens is 3. The van der Waals surface area contributed by atoms with E-state index in [1.54, 1.807) is 10.9 Å². The lowest BCUT2D eigenvalue weighted by molar-refractivity contribution is 0.0594. The molecule has 1 fully saturated rings. The van der Waals surface area contributed by atoms with Gasteiger partial charge in [0.2, 0.25) is 0 Å². The summed E-state index contributed by atoms with van der Waals surface area (Å²) in [6.45, 7) is 1.69. The van der Waals surface area contributed by atoms with Crippen LogP contribution in [-0.4, -0.2) is 47.8 Å². The van der Waals surface area contributed by atoms with Crippen molar-refractivity contribution < 1.29 is 14.3 Å². The summed E-state index contributed by atoms with van der Waals surface area (Å²) in [5.41, 5.74) is 5.82. The molecule has 16 heavy (non-hydrogen) atoms. The van der Waals surface area contributed by atoms with Gasteiger partial charge in [-0.15, -0.1) is 5.10 Å². The van der Waals surface area contributed by atoms with Gasteiger partial charge in [0.25, 0.3) is 0 Å². The van der Waals surface area contributed by atoms with E-state index < -0.39 is 5.97 Å². The van der Waals surface area contributed by atoms with E-state index in [2.05, 4.69) is 15.0 Å². The molecule has 0 bridgehead atoms. The van der Waals surface area contributed by atoms with Crippen molar-refractivity contribution in [1.29, 1.82) is 0 Å². The number of esters is 1. The van der Waals surface area contributed by atoms with Crippen molar-refractivity contribution in [3.63, 3.8) is 0 Å². The maximum absolute atomic E-state index is 11.2. The second-order valence-corrected chi connectivity index (χ2v) is 3.68. The minimum absolute atomic E-state index is 0.0518. The molecule has 0 radical (unpaired) electrons. The number of nitrogens with two attached hydrogens (primary N) is 1. The quantitative estimate of drug-likeness (QED) is 0.679. The summed E-state index contributed by atoms with van der Waals surface area (Å²) in [7, 11) is 1.31. The first-order chi connectivity index (χ1) is 7.76. The summed E-state index contributed by atoms with van der Waals surface area (Å²) in [5, 5.41) is 7.64. The van der Waals surface area contributed by atoms with E-state index in [0.717, 1.165) is 0 Å². The normalized spacial score (nSPS) is 24.6. The first-order valence-electron chi connectivity index (χ1n) is 5.04. The molecule has 1 aromatic heterocycles. The number of ether oxygens (including phenoxy) is 2. The number of methoxy groups -OCH3 is 1. The van der Waals surface area contributed by atoms with Crippen LogP contribution >= 0.6 is 0 Å². The van der Waals surface area contributed by atoms with E-state index in [-0.39, 0.29) is 17.7 Å². The minimum atomic E-state index is -0.491. The molecule has 2 rings (SSSR count). The molecule has 0 saturated carbocycles. The van der Waals surface area contributed by atoms with Gasteiger partial charge in [-0.2, -0.15) is 0 Å². The summed E-state index contributed by atoms with van der Waals surface area (Å²) in [5.74, 6) is -0.276. The molecule has 0 aromatic carbocycles. The summed E-state index contributed by atoms with van der Waals surface area (Å²) in [4.78, 5) is 11.2. The third-order valence-electron chi connectivity index (χ3n) is 2.71. The van der Waals surface area contributed by atoms with E-state index in [1.165, 1.54) is 7.11 Å². The number of carbonyl (C=O) groups is 1. The Hall–Kier alpha value is -1.47. The Balaban J connectivity index is 2.15. The van der Waals surface area contributed by atoms with E-state index in [0.29, 0.717) is 19.8 Å². The number of hydrogen-bond acceptors (Lipinski definition) is 6. The molecule has 0 spiro atoms. The van der Waals surface area contributed by atoms with E-state index >= 15 is 0 Å². The number of rotatable bonds is 3. The second kappa shape index (κ2) is 4.58. The lowest BCUT2D eigenvalue weighted by Crippen LogP contribution is -2.25. The third kappa shape index (κ3) is 1.91. The molecule has 0 aliphatic carbocycles. The largest absolute Gasteiger partial charge is 0.464 e. The van der Waals surface area contributed by atoms with Crippen LogP contribution in [0, 0.1) is 5.92 Å². The zero-order chi connectivity index (χ0) is 11.5. The average molecular weight is 226 g/mol. The number of hydrogen-bond donors (Lipinski definition) is 1. The zero-order valence-electron chi connectivity index (χ0n) is 9.00. The van der Waals surface area contributed by atoms with Crippen molar-refractivity contribution >= 4 is 5.97 Å². The number of nitrogens with zero attached hydrogens (tertiary/aromatic N) is 3. The van der Waals surface area contributed by atoms with Gasteiger partial charge < -0.3 is 15.2 Å². The van der Waals surface area contributed by atoms with Crippen LogP contribution in [0.3, 0.4) is 0 Å². The fourth-order valence-corrected chi connectivity index (χ4v) is 1.74. The molecule has 88 valence electrons. The predicted molar refractivity (Wildman–Crippen MR) is 53.8 cm³/mol. The molecule has 1 aliphatic heterocycles. The Morgan fingerprint density at radius 3 is 3.25 bits per heavy atom. The molecular weight excluding hydrogens is 212 g/mol.